The summed E-state index contributed by atoms with van der Waals surface area (Å²) in [5.41, 5.74) is 1.33. The monoisotopic (exact) mass is 394 g/mol. The summed E-state index contributed by atoms with van der Waals surface area (Å²) in [5, 5.41) is 12.2. The minimum Gasteiger partial charge on any atom is -0.497 e. The second kappa shape index (κ2) is 7.53. The van der Waals surface area contributed by atoms with Crippen LogP contribution >= 0.6 is 11.6 Å². The molecule has 2 heterocycles. The van der Waals surface area contributed by atoms with E-state index in [9.17, 15) is 4.79 Å². The van der Waals surface area contributed by atoms with Gasteiger partial charge >= 0.3 is 0 Å². The van der Waals surface area contributed by atoms with Crippen LogP contribution in [0.4, 0.5) is 11.4 Å². The molecule has 0 saturated heterocycles. The number of methoxy groups -OCH3 is 1. The SMILES string of the molecule is COc1ccc(Nc2cc(-n3cncn3)nn(-c3ccc(Cl)cc3)c2=O)cc1. The lowest BCUT2D eigenvalue weighted by Gasteiger charge is -2.12. The maximum atomic E-state index is 13.0. The summed E-state index contributed by atoms with van der Waals surface area (Å²) in [5.74, 6) is 1.16. The van der Waals surface area contributed by atoms with E-state index in [1.165, 1.54) is 22.0 Å². The molecule has 0 unspecified atom stereocenters. The number of nitrogens with zero attached hydrogens (tertiary/aromatic N) is 5. The van der Waals surface area contributed by atoms with Gasteiger partial charge in [-0.2, -0.15) is 9.78 Å². The van der Waals surface area contributed by atoms with Crippen molar-refractivity contribution in [2.24, 2.45) is 0 Å². The van der Waals surface area contributed by atoms with Gasteiger partial charge in [-0.15, -0.1) is 5.10 Å². The molecule has 0 bridgehead atoms. The maximum absolute atomic E-state index is 13.0. The van der Waals surface area contributed by atoms with E-state index in [2.05, 4.69) is 20.5 Å². The summed E-state index contributed by atoms with van der Waals surface area (Å²) in [6.45, 7) is 0. The normalized spacial score (nSPS) is 10.6. The molecular weight excluding hydrogens is 380 g/mol. The Morgan fingerprint density at radius 2 is 1.82 bits per heavy atom. The van der Waals surface area contributed by atoms with Crippen molar-refractivity contribution in [3.8, 4) is 17.3 Å². The van der Waals surface area contributed by atoms with Gasteiger partial charge in [-0.25, -0.2) is 9.67 Å². The van der Waals surface area contributed by atoms with Crippen molar-refractivity contribution in [1.29, 1.82) is 0 Å². The lowest BCUT2D eigenvalue weighted by atomic mass is 10.3. The van der Waals surface area contributed by atoms with Crippen molar-refractivity contribution < 1.29 is 4.74 Å². The molecule has 0 radical (unpaired) electrons. The molecule has 8 nitrogen and oxygen atoms in total. The fourth-order valence-corrected chi connectivity index (χ4v) is 2.72. The first-order valence-corrected chi connectivity index (χ1v) is 8.68. The zero-order chi connectivity index (χ0) is 19.5. The highest BCUT2D eigenvalue weighted by molar-refractivity contribution is 6.30. The second-order valence-electron chi connectivity index (χ2n) is 5.80. The van der Waals surface area contributed by atoms with Crippen LogP contribution in [-0.2, 0) is 0 Å². The fourth-order valence-electron chi connectivity index (χ4n) is 2.60. The van der Waals surface area contributed by atoms with Crippen LogP contribution in [0.15, 0.2) is 72.0 Å². The molecule has 2 aromatic carbocycles. The van der Waals surface area contributed by atoms with E-state index in [1.54, 1.807) is 49.6 Å². The number of benzene rings is 2. The Kier molecular flexibility index (Phi) is 4.77. The highest BCUT2D eigenvalue weighted by atomic mass is 35.5. The molecule has 0 fully saturated rings. The molecule has 28 heavy (non-hydrogen) atoms. The lowest BCUT2D eigenvalue weighted by Crippen LogP contribution is -2.25. The maximum Gasteiger partial charge on any atom is 0.295 e. The number of nitrogens with one attached hydrogen (secondary N) is 1. The number of halogens is 1. The van der Waals surface area contributed by atoms with Gasteiger partial charge < -0.3 is 10.1 Å². The summed E-state index contributed by atoms with van der Waals surface area (Å²) in [4.78, 5) is 17.0. The Hall–Kier alpha value is -3.65. The molecule has 4 rings (SSSR count). The molecule has 0 saturated carbocycles. The van der Waals surface area contributed by atoms with E-state index in [1.807, 2.05) is 12.1 Å². The molecule has 0 aliphatic rings. The van der Waals surface area contributed by atoms with Gasteiger partial charge in [-0.05, 0) is 48.5 Å². The van der Waals surface area contributed by atoms with Crippen molar-refractivity contribution in [1.82, 2.24) is 24.5 Å². The summed E-state index contributed by atoms with van der Waals surface area (Å²) in [7, 11) is 1.60. The number of aromatic nitrogens is 5. The molecule has 9 heteroatoms. The number of ether oxygens (including phenoxy) is 1. The van der Waals surface area contributed by atoms with Crippen LogP contribution in [0, 0.1) is 0 Å². The fraction of sp³-hybridized carbons (Fsp3) is 0.0526. The number of hydrogen-bond acceptors (Lipinski definition) is 6. The summed E-state index contributed by atoms with van der Waals surface area (Å²) in [6, 6.07) is 15.7. The zero-order valence-electron chi connectivity index (χ0n) is 14.8. The Labute approximate surface area is 165 Å². The van der Waals surface area contributed by atoms with E-state index in [0.29, 0.717) is 22.2 Å². The third kappa shape index (κ3) is 3.58. The van der Waals surface area contributed by atoms with Gasteiger partial charge in [0.05, 0.1) is 12.8 Å². The average molecular weight is 395 g/mol. The minimum atomic E-state index is -0.318. The first-order chi connectivity index (χ1) is 13.6. The average Bonchev–Trinajstić information content (AvgIpc) is 3.26. The van der Waals surface area contributed by atoms with E-state index in [4.69, 9.17) is 16.3 Å². The molecular formula is C19H15ClN6O2. The van der Waals surface area contributed by atoms with Gasteiger partial charge in [0.2, 0.25) is 0 Å². The van der Waals surface area contributed by atoms with Crippen LogP contribution < -0.4 is 15.6 Å². The lowest BCUT2D eigenvalue weighted by molar-refractivity contribution is 0.415. The van der Waals surface area contributed by atoms with Gasteiger partial charge in [0.1, 0.15) is 24.1 Å². The van der Waals surface area contributed by atoms with Gasteiger partial charge in [0.25, 0.3) is 5.56 Å². The molecule has 0 aliphatic heterocycles. The van der Waals surface area contributed by atoms with Crippen molar-refractivity contribution >= 4 is 23.0 Å². The van der Waals surface area contributed by atoms with Crippen molar-refractivity contribution in [3.63, 3.8) is 0 Å². The van der Waals surface area contributed by atoms with Crippen molar-refractivity contribution in [3.05, 3.63) is 82.6 Å². The smallest absolute Gasteiger partial charge is 0.295 e. The number of hydrogen-bond donors (Lipinski definition) is 1. The van der Waals surface area contributed by atoms with Gasteiger partial charge in [-0.1, -0.05) is 11.6 Å². The van der Waals surface area contributed by atoms with Crippen LogP contribution in [0.5, 0.6) is 5.75 Å². The Bertz CT molecular complexity index is 1140. The highest BCUT2D eigenvalue weighted by Crippen LogP contribution is 2.20. The Balaban J connectivity index is 1.82. The number of rotatable bonds is 5. The van der Waals surface area contributed by atoms with Crippen LogP contribution in [0.3, 0.4) is 0 Å². The Morgan fingerprint density at radius 3 is 2.46 bits per heavy atom. The van der Waals surface area contributed by atoms with Crippen molar-refractivity contribution in [2.75, 3.05) is 12.4 Å². The van der Waals surface area contributed by atoms with Crippen LogP contribution in [-0.4, -0.2) is 31.7 Å². The number of anilines is 2. The van der Waals surface area contributed by atoms with E-state index >= 15 is 0 Å². The largest absolute Gasteiger partial charge is 0.497 e. The molecule has 0 aliphatic carbocycles. The van der Waals surface area contributed by atoms with E-state index in [0.717, 1.165) is 11.4 Å². The molecule has 4 aromatic rings. The highest BCUT2D eigenvalue weighted by Gasteiger charge is 2.12. The van der Waals surface area contributed by atoms with Crippen molar-refractivity contribution in [2.45, 2.75) is 0 Å². The third-order valence-corrected chi connectivity index (χ3v) is 4.24. The first-order valence-electron chi connectivity index (χ1n) is 8.30. The van der Waals surface area contributed by atoms with Gasteiger partial charge in [0, 0.05) is 16.8 Å². The van der Waals surface area contributed by atoms with Crippen LogP contribution in [0.25, 0.3) is 11.5 Å². The molecule has 140 valence electrons. The molecule has 1 N–H and O–H groups in total. The third-order valence-electron chi connectivity index (χ3n) is 3.99. The molecule has 2 aromatic heterocycles. The first kappa shape index (κ1) is 17.7. The van der Waals surface area contributed by atoms with E-state index in [-0.39, 0.29) is 5.56 Å². The second-order valence-corrected chi connectivity index (χ2v) is 6.24. The van der Waals surface area contributed by atoms with Crippen LogP contribution in [0.1, 0.15) is 0 Å². The van der Waals surface area contributed by atoms with Gasteiger partial charge in [-0.3, -0.25) is 4.79 Å². The predicted molar refractivity (Wildman–Crippen MR) is 106 cm³/mol. The Morgan fingerprint density at radius 1 is 1.07 bits per heavy atom. The topological polar surface area (TPSA) is 86.9 Å². The molecule has 0 amide bonds. The van der Waals surface area contributed by atoms with Crippen LogP contribution in [0.2, 0.25) is 5.02 Å². The zero-order valence-corrected chi connectivity index (χ0v) is 15.5. The quantitative estimate of drug-likeness (QED) is 0.559. The summed E-state index contributed by atoms with van der Waals surface area (Å²) < 4.78 is 7.93. The summed E-state index contributed by atoms with van der Waals surface area (Å²) in [6.07, 6.45) is 2.91. The molecule has 0 atom stereocenters. The molecule has 0 spiro atoms. The summed E-state index contributed by atoms with van der Waals surface area (Å²) >= 11 is 5.96. The minimum absolute atomic E-state index is 0.318. The predicted octanol–water partition coefficient (Wildman–Crippen LogP) is 3.22. The van der Waals surface area contributed by atoms with Gasteiger partial charge in [0.15, 0.2) is 5.82 Å². The van der Waals surface area contributed by atoms with E-state index < -0.39 is 0 Å². The standard InChI is InChI=1S/C19H15ClN6O2/c1-28-16-8-4-14(5-9-16)23-17-10-18(25-12-21-11-22-25)24-26(19(17)27)15-6-2-13(20)3-7-15/h2-12,23H,1H3.